The van der Waals surface area contributed by atoms with Crippen LogP contribution >= 0.6 is 0 Å². The van der Waals surface area contributed by atoms with Crippen LogP contribution < -0.4 is 4.57 Å². The number of hydrogen-bond donors (Lipinski definition) is 0. The summed E-state index contributed by atoms with van der Waals surface area (Å²) < 4.78 is 63.0. The van der Waals surface area contributed by atoms with Crippen LogP contribution in [0.15, 0.2) is 54.9 Å². The summed E-state index contributed by atoms with van der Waals surface area (Å²) in [7, 11) is -4.10. The van der Waals surface area contributed by atoms with E-state index < -0.39 is 15.6 Å². The highest BCUT2D eigenvalue weighted by atomic mass is 32.2. The van der Waals surface area contributed by atoms with Crippen LogP contribution in [-0.2, 0) is 17.2 Å². The molecule has 26 heavy (non-hydrogen) atoms. The molecule has 0 saturated heterocycles. The molecule has 10 heteroatoms. The van der Waals surface area contributed by atoms with Crippen molar-refractivity contribution in [2.75, 3.05) is 0 Å². The number of nitriles is 1. The number of aryl methyl sites for hydroxylation is 1. The third-order valence-corrected chi connectivity index (χ3v) is 3.93. The van der Waals surface area contributed by atoms with Crippen LogP contribution in [0.4, 0.5) is 13.2 Å². The minimum Gasteiger partial charge on any atom is -0.741 e. The number of aromatic nitrogens is 2. The number of nitrogens with zero attached hydrogens (tertiary/aromatic N) is 3. The van der Waals surface area contributed by atoms with Gasteiger partial charge in [-0.1, -0.05) is 24.3 Å². The van der Waals surface area contributed by atoms with E-state index in [-0.39, 0.29) is 0 Å². The fraction of sp³-hybridized carbons (Fsp3) is 0.125. The number of hydrogen-bond acceptors (Lipinski definition) is 4. The summed E-state index contributed by atoms with van der Waals surface area (Å²) >= 11 is 0. The van der Waals surface area contributed by atoms with E-state index in [0.29, 0.717) is 5.56 Å². The number of rotatable bonds is 1. The van der Waals surface area contributed by atoms with Crippen molar-refractivity contribution in [1.82, 2.24) is 4.57 Å². The van der Waals surface area contributed by atoms with Gasteiger partial charge in [-0.25, -0.2) is 13.0 Å². The smallest absolute Gasteiger partial charge is 0.485 e. The molecule has 0 atom stereocenters. The number of fused-ring (bicyclic) bond motifs is 1. The maximum atomic E-state index is 10.7. The Morgan fingerprint density at radius 2 is 1.69 bits per heavy atom. The summed E-state index contributed by atoms with van der Waals surface area (Å²) in [6.45, 7) is 0. The third kappa shape index (κ3) is 4.01. The molecule has 0 radical (unpaired) electrons. The largest absolute Gasteiger partial charge is 0.741 e. The van der Waals surface area contributed by atoms with E-state index >= 15 is 0 Å². The maximum absolute atomic E-state index is 10.7. The first kappa shape index (κ1) is 19.4. The standard InChI is InChI=1S/C15H12N3.CHF3O3S/c1-17-11-18(13-7-3-2-4-8-13)15-12(10-16)6-5-9-14(15)17;2-1(3,4)8(5,6)7/h2-9,11H,1H3;(H,5,6,7)/q+1;/p-1. The predicted molar refractivity (Wildman–Crippen MR) is 84.9 cm³/mol. The molecule has 0 spiro atoms. The Morgan fingerprint density at radius 1 is 1.12 bits per heavy atom. The molecule has 1 aromatic heterocycles. The van der Waals surface area contributed by atoms with Crippen LogP contribution in [0, 0.1) is 11.3 Å². The van der Waals surface area contributed by atoms with Gasteiger partial charge in [0.2, 0.25) is 6.33 Å². The monoisotopic (exact) mass is 383 g/mol. The zero-order valence-corrected chi connectivity index (χ0v) is 14.1. The van der Waals surface area contributed by atoms with Gasteiger partial charge in [0, 0.05) is 0 Å². The Hall–Kier alpha value is -2.90. The van der Waals surface area contributed by atoms with Crippen LogP contribution in [0.1, 0.15) is 5.56 Å². The van der Waals surface area contributed by atoms with Crippen molar-refractivity contribution in [3.8, 4) is 11.8 Å². The second-order valence-corrected chi connectivity index (χ2v) is 6.49. The summed E-state index contributed by atoms with van der Waals surface area (Å²) in [5, 5.41) is 9.24. The summed E-state index contributed by atoms with van der Waals surface area (Å²) in [4.78, 5) is 0. The molecular formula is C16H12F3N3O3S. The Kier molecular flexibility index (Phi) is 5.34. The average Bonchev–Trinajstić information content (AvgIpc) is 2.92. The fourth-order valence-electron chi connectivity index (χ4n) is 2.24. The lowest BCUT2D eigenvalue weighted by atomic mass is 10.2. The Labute approximate surface area is 147 Å². The molecule has 0 amide bonds. The lowest BCUT2D eigenvalue weighted by Gasteiger charge is -2.08. The molecule has 0 aliphatic carbocycles. The van der Waals surface area contributed by atoms with Crippen LogP contribution in [-0.4, -0.2) is 23.0 Å². The van der Waals surface area contributed by atoms with E-state index in [4.69, 9.17) is 13.0 Å². The number of halogens is 3. The molecule has 0 unspecified atom stereocenters. The van der Waals surface area contributed by atoms with Gasteiger partial charge in [0.15, 0.2) is 21.2 Å². The molecule has 3 rings (SSSR count). The van der Waals surface area contributed by atoms with Gasteiger partial charge in [-0.15, -0.1) is 0 Å². The van der Waals surface area contributed by atoms with Crippen molar-refractivity contribution in [3.63, 3.8) is 0 Å². The first-order valence-corrected chi connectivity index (χ1v) is 8.44. The van der Waals surface area contributed by atoms with Crippen molar-refractivity contribution >= 4 is 21.2 Å². The summed E-state index contributed by atoms with van der Waals surface area (Å²) in [6, 6.07) is 18.1. The highest BCUT2D eigenvalue weighted by molar-refractivity contribution is 7.86. The zero-order chi connectivity index (χ0) is 19.5. The van der Waals surface area contributed by atoms with Crippen molar-refractivity contribution < 1.29 is 30.7 Å². The third-order valence-electron chi connectivity index (χ3n) is 3.36. The van der Waals surface area contributed by atoms with E-state index in [1.807, 2.05) is 71.0 Å². The molecule has 2 aromatic carbocycles. The summed E-state index contributed by atoms with van der Waals surface area (Å²) in [5.41, 5.74) is -1.89. The van der Waals surface area contributed by atoms with E-state index in [1.165, 1.54) is 0 Å². The minimum atomic E-state index is -6.09. The highest BCUT2D eigenvalue weighted by Crippen LogP contribution is 2.21. The van der Waals surface area contributed by atoms with Gasteiger partial charge in [0.1, 0.15) is 17.3 Å². The molecule has 0 N–H and O–H groups in total. The topological polar surface area (TPSA) is 89.8 Å². The molecule has 0 aliphatic heterocycles. The van der Waals surface area contributed by atoms with Crippen molar-refractivity contribution in [2.24, 2.45) is 7.05 Å². The van der Waals surface area contributed by atoms with Gasteiger partial charge >= 0.3 is 5.51 Å². The Bertz CT molecular complexity index is 1070. The molecule has 3 aromatic rings. The van der Waals surface area contributed by atoms with Gasteiger partial charge in [-0.05, 0) is 24.3 Å². The van der Waals surface area contributed by atoms with Crippen LogP contribution in [0.25, 0.3) is 16.7 Å². The lowest BCUT2D eigenvalue weighted by molar-refractivity contribution is -0.645. The zero-order valence-electron chi connectivity index (χ0n) is 13.3. The Balaban J connectivity index is 0.000000260. The molecular weight excluding hydrogens is 371 g/mol. The first-order chi connectivity index (χ1) is 12.1. The Morgan fingerprint density at radius 3 is 2.19 bits per heavy atom. The van der Waals surface area contributed by atoms with E-state index in [9.17, 15) is 18.4 Å². The molecule has 6 nitrogen and oxygen atoms in total. The van der Waals surface area contributed by atoms with Crippen LogP contribution in [0.3, 0.4) is 0 Å². The minimum absolute atomic E-state index is 0.692. The number of alkyl halides is 3. The average molecular weight is 383 g/mol. The van der Waals surface area contributed by atoms with E-state index in [0.717, 1.165) is 16.7 Å². The van der Waals surface area contributed by atoms with Gasteiger partial charge in [0.05, 0.1) is 7.05 Å². The van der Waals surface area contributed by atoms with E-state index in [1.54, 1.807) is 0 Å². The summed E-state index contributed by atoms with van der Waals surface area (Å²) in [5.74, 6) is 0. The fourth-order valence-corrected chi connectivity index (χ4v) is 2.24. The van der Waals surface area contributed by atoms with Gasteiger partial charge in [0.25, 0.3) is 0 Å². The van der Waals surface area contributed by atoms with Gasteiger partial charge in [-0.3, -0.25) is 0 Å². The van der Waals surface area contributed by atoms with Crippen molar-refractivity contribution in [1.29, 1.82) is 5.26 Å². The lowest BCUT2D eigenvalue weighted by Crippen LogP contribution is -2.25. The number of benzene rings is 2. The second kappa shape index (κ2) is 7.15. The highest BCUT2D eigenvalue weighted by Gasteiger charge is 2.36. The quantitative estimate of drug-likeness (QED) is 0.367. The maximum Gasteiger partial charge on any atom is 0.485 e. The molecule has 0 saturated carbocycles. The molecule has 0 bridgehead atoms. The van der Waals surface area contributed by atoms with Crippen molar-refractivity contribution in [2.45, 2.75) is 5.51 Å². The normalized spacial score (nSPS) is 11.5. The van der Waals surface area contributed by atoms with Crippen LogP contribution in [0.2, 0.25) is 0 Å². The number of imidazole rings is 1. The van der Waals surface area contributed by atoms with Crippen molar-refractivity contribution in [3.05, 3.63) is 60.4 Å². The molecule has 0 fully saturated rings. The van der Waals surface area contributed by atoms with Crippen LogP contribution in [0.5, 0.6) is 0 Å². The summed E-state index contributed by atoms with van der Waals surface area (Å²) in [6.07, 6.45) is 2.00. The second-order valence-electron chi connectivity index (χ2n) is 5.12. The molecule has 1 heterocycles. The van der Waals surface area contributed by atoms with Gasteiger partial charge in [-0.2, -0.15) is 23.0 Å². The van der Waals surface area contributed by atoms with E-state index in [2.05, 4.69) is 6.07 Å². The first-order valence-electron chi connectivity index (χ1n) is 7.03. The number of para-hydroxylation sites is 2. The SMILES string of the molecule is C[n+]1cn(-c2ccccc2)c2c(C#N)cccc21.O=S(=O)([O-])C(F)(F)F. The van der Waals surface area contributed by atoms with Gasteiger partial charge < -0.3 is 4.55 Å². The molecule has 0 aliphatic rings. The molecule has 136 valence electrons. The predicted octanol–water partition coefficient (Wildman–Crippen LogP) is 2.38.